The van der Waals surface area contributed by atoms with Crippen LogP contribution in [-0.2, 0) is 6.54 Å². The number of nitrogens with one attached hydrogen (secondary N) is 2. The second-order valence-corrected chi connectivity index (χ2v) is 7.16. The van der Waals surface area contributed by atoms with Crippen LogP contribution < -0.4 is 10.7 Å². The maximum Gasteiger partial charge on any atom is 0.191 e. The molecule has 0 unspecified atom stereocenters. The quantitative estimate of drug-likeness (QED) is 0.367. The molecule has 1 heterocycles. The average molecular weight is 395 g/mol. The Bertz CT molecular complexity index is 1000. The molecule has 4 nitrogen and oxygen atoms in total. The third kappa shape index (κ3) is 4.84. The highest BCUT2D eigenvalue weighted by atomic mass is 32.1. The molecule has 2 N–H and O–H groups in total. The number of anilines is 1. The van der Waals surface area contributed by atoms with E-state index in [1.54, 1.807) is 18.3 Å². The number of hydrazone groups is 1. The van der Waals surface area contributed by atoms with Gasteiger partial charge >= 0.3 is 0 Å². The highest BCUT2D eigenvalue weighted by Crippen LogP contribution is 2.21. The van der Waals surface area contributed by atoms with Gasteiger partial charge in [0, 0.05) is 17.4 Å². The van der Waals surface area contributed by atoms with Crippen LogP contribution >= 0.6 is 12.2 Å². The summed E-state index contributed by atoms with van der Waals surface area (Å²) in [4.78, 5) is 0. The van der Waals surface area contributed by atoms with Crippen LogP contribution in [0.1, 0.15) is 27.9 Å². The van der Waals surface area contributed by atoms with E-state index < -0.39 is 0 Å². The number of aryl methyl sites for hydroxylation is 3. The molecule has 0 aliphatic carbocycles. The zero-order valence-electron chi connectivity index (χ0n) is 16.2. The maximum absolute atomic E-state index is 13.9. The van der Waals surface area contributed by atoms with Gasteiger partial charge in [0.1, 0.15) is 5.82 Å². The van der Waals surface area contributed by atoms with Gasteiger partial charge < -0.3 is 9.88 Å². The summed E-state index contributed by atoms with van der Waals surface area (Å²) in [5.41, 5.74) is 8.78. The van der Waals surface area contributed by atoms with E-state index in [1.165, 1.54) is 11.6 Å². The zero-order chi connectivity index (χ0) is 20.1. The van der Waals surface area contributed by atoms with Crippen LogP contribution in [-0.4, -0.2) is 15.9 Å². The van der Waals surface area contributed by atoms with Crippen LogP contribution in [0.4, 0.5) is 10.1 Å². The van der Waals surface area contributed by atoms with Crippen LogP contribution in [0.5, 0.6) is 0 Å². The average Bonchev–Trinajstić information content (AvgIpc) is 3.07. The van der Waals surface area contributed by atoms with Gasteiger partial charge in [-0.25, -0.2) is 4.39 Å². The first-order valence-electron chi connectivity index (χ1n) is 9.00. The first-order valence-corrected chi connectivity index (χ1v) is 9.41. The summed E-state index contributed by atoms with van der Waals surface area (Å²) in [5, 5.41) is 7.83. The number of hydrogen-bond donors (Lipinski definition) is 2. The SMILES string of the molecule is Cc1cc(C)c(NC(=S)N/N=C/c2cccn2Cc2ccccc2F)c(C)c1. The van der Waals surface area contributed by atoms with Gasteiger partial charge in [0.15, 0.2) is 5.11 Å². The normalized spacial score (nSPS) is 11.0. The molecule has 0 spiro atoms. The fraction of sp³-hybridized carbons (Fsp3) is 0.182. The predicted octanol–water partition coefficient (Wildman–Crippen LogP) is 4.92. The molecule has 144 valence electrons. The Labute approximate surface area is 170 Å². The number of thiocarbonyl (C=S) groups is 1. The molecule has 0 aliphatic heterocycles. The fourth-order valence-electron chi connectivity index (χ4n) is 3.17. The van der Waals surface area contributed by atoms with Crippen LogP contribution in [0.2, 0.25) is 0 Å². The van der Waals surface area contributed by atoms with E-state index in [9.17, 15) is 4.39 Å². The summed E-state index contributed by atoms with van der Waals surface area (Å²) in [6, 6.07) is 14.8. The lowest BCUT2D eigenvalue weighted by atomic mass is 10.1. The van der Waals surface area contributed by atoms with Crippen molar-refractivity contribution in [3.05, 3.63) is 88.5 Å². The van der Waals surface area contributed by atoms with Crippen molar-refractivity contribution in [2.45, 2.75) is 27.3 Å². The third-order valence-corrected chi connectivity index (χ3v) is 4.63. The van der Waals surface area contributed by atoms with Crippen LogP contribution in [0, 0.1) is 26.6 Å². The van der Waals surface area contributed by atoms with E-state index in [1.807, 2.05) is 42.8 Å². The van der Waals surface area contributed by atoms with Crippen LogP contribution in [0.25, 0.3) is 0 Å². The highest BCUT2D eigenvalue weighted by Gasteiger charge is 2.06. The third-order valence-electron chi connectivity index (χ3n) is 4.44. The Hall–Kier alpha value is -2.99. The molecule has 0 fully saturated rings. The summed E-state index contributed by atoms with van der Waals surface area (Å²) in [7, 11) is 0. The minimum Gasteiger partial charge on any atom is -0.342 e. The molecule has 3 aromatic rings. The molecule has 0 saturated carbocycles. The molecule has 28 heavy (non-hydrogen) atoms. The maximum atomic E-state index is 13.9. The van der Waals surface area contributed by atoms with Crippen molar-refractivity contribution in [1.82, 2.24) is 9.99 Å². The molecule has 0 bridgehead atoms. The Morgan fingerprint density at radius 1 is 1.11 bits per heavy atom. The summed E-state index contributed by atoms with van der Waals surface area (Å²) >= 11 is 5.35. The lowest BCUT2D eigenvalue weighted by Crippen LogP contribution is -2.25. The molecule has 0 atom stereocenters. The van der Waals surface area contributed by atoms with E-state index in [2.05, 4.69) is 34.9 Å². The Morgan fingerprint density at radius 3 is 2.54 bits per heavy atom. The van der Waals surface area contributed by atoms with Gasteiger partial charge in [0.25, 0.3) is 0 Å². The number of rotatable bonds is 5. The van der Waals surface area contributed by atoms with Crippen molar-refractivity contribution in [2.75, 3.05) is 5.32 Å². The molecule has 6 heteroatoms. The second-order valence-electron chi connectivity index (χ2n) is 6.75. The van der Waals surface area contributed by atoms with E-state index in [0.717, 1.165) is 22.5 Å². The Morgan fingerprint density at radius 2 is 1.82 bits per heavy atom. The smallest absolute Gasteiger partial charge is 0.191 e. The van der Waals surface area contributed by atoms with Crippen molar-refractivity contribution in [3.8, 4) is 0 Å². The fourth-order valence-corrected chi connectivity index (χ4v) is 3.33. The first-order chi connectivity index (χ1) is 13.4. The molecule has 0 amide bonds. The largest absolute Gasteiger partial charge is 0.342 e. The monoisotopic (exact) mass is 394 g/mol. The second kappa shape index (κ2) is 8.80. The molecule has 3 rings (SSSR count). The number of halogens is 1. The predicted molar refractivity (Wildman–Crippen MR) is 118 cm³/mol. The van der Waals surface area contributed by atoms with Gasteiger partial charge in [-0.3, -0.25) is 5.43 Å². The molecule has 0 radical (unpaired) electrons. The molecule has 0 saturated heterocycles. The van der Waals surface area contributed by atoms with E-state index in [0.29, 0.717) is 17.2 Å². The summed E-state index contributed by atoms with van der Waals surface area (Å²) in [6.45, 7) is 6.60. The van der Waals surface area contributed by atoms with Crippen LogP contribution in [0.3, 0.4) is 0 Å². The van der Waals surface area contributed by atoms with Gasteiger partial charge in [-0.1, -0.05) is 35.9 Å². The van der Waals surface area contributed by atoms with Crippen molar-refractivity contribution in [2.24, 2.45) is 5.10 Å². The van der Waals surface area contributed by atoms with E-state index in [4.69, 9.17) is 12.2 Å². The molecule has 2 aromatic carbocycles. The van der Waals surface area contributed by atoms with Crippen molar-refractivity contribution < 1.29 is 4.39 Å². The van der Waals surface area contributed by atoms with Gasteiger partial charge in [0.2, 0.25) is 0 Å². The highest BCUT2D eigenvalue weighted by molar-refractivity contribution is 7.80. The first kappa shape index (κ1) is 19.8. The number of nitrogens with zero attached hydrogens (tertiary/aromatic N) is 2. The summed E-state index contributed by atoms with van der Waals surface area (Å²) in [5.74, 6) is -0.216. The van der Waals surface area contributed by atoms with Gasteiger partial charge in [-0.05, 0) is 62.3 Å². The minimum absolute atomic E-state index is 0.216. The van der Waals surface area contributed by atoms with Crippen molar-refractivity contribution >= 4 is 29.2 Å². The van der Waals surface area contributed by atoms with Crippen molar-refractivity contribution in [3.63, 3.8) is 0 Å². The number of aromatic nitrogens is 1. The molecular weight excluding hydrogens is 371 g/mol. The number of hydrogen-bond acceptors (Lipinski definition) is 2. The van der Waals surface area contributed by atoms with Crippen molar-refractivity contribution in [1.29, 1.82) is 0 Å². The Kier molecular flexibility index (Phi) is 6.21. The number of benzene rings is 2. The van der Waals surface area contributed by atoms with Gasteiger partial charge in [-0.15, -0.1) is 0 Å². The van der Waals surface area contributed by atoms with E-state index in [-0.39, 0.29) is 5.82 Å². The summed E-state index contributed by atoms with van der Waals surface area (Å²) < 4.78 is 15.8. The molecular formula is C22H23FN4S. The molecule has 0 aliphatic rings. The summed E-state index contributed by atoms with van der Waals surface area (Å²) in [6.07, 6.45) is 3.56. The van der Waals surface area contributed by atoms with Gasteiger partial charge in [0.05, 0.1) is 18.5 Å². The van der Waals surface area contributed by atoms with E-state index >= 15 is 0 Å². The zero-order valence-corrected chi connectivity index (χ0v) is 17.0. The lowest BCUT2D eigenvalue weighted by molar-refractivity contribution is 0.599. The lowest BCUT2D eigenvalue weighted by Gasteiger charge is -2.14. The van der Waals surface area contributed by atoms with Gasteiger partial charge in [-0.2, -0.15) is 5.10 Å². The standard InChI is InChI=1S/C22H23FN4S/c1-15-11-16(2)21(17(3)12-15)25-22(28)26-24-13-19-8-6-10-27(19)14-18-7-4-5-9-20(18)23/h4-13H,14H2,1-3H3,(H2,25,26,28)/b24-13+. The van der Waals surface area contributed by atoms with Crippen LogP contribution in [0.15, 0.2) is 59.8 Å². The Balaban J connectivity index is 1.64. The molecule has 1 aromatic heterocycles. The minimum atomic E-state index is -0.216. The topological polar surface area (TPSA) is 41.4 Å².